The van der Waals surface area contributed by atoms with E-state index in [-0.39, 0.29) is 11.3 Å². The van der Waals surface area contributed by atoms with Crippen molar-refractivity contribution in [2.45, 2.75) is 51.9 Å². The average Bonchev–Trinajstić information content (AvgIpc) is 2.78. The first-order valence-corrected chi connectivity index (χ1v) is 7.36. The largest absolute Gasteiger partial charge is 0.444 e. The van der Waals surface area contributed by atoms with Crippen molar-refractivity contribution in [3.8, 4) is 0 Å². The van der Waals surface area contributed by atoms with E-state index >= 15 is 0 Å². The molecule has 0 bridgehead atoms. The van der Waals surface area contributed by atoms with Gasteiger partial charge in [0.1, 0.15) is 11.4 Å². The van der Waals surface area contributed by atoms with Crippen molar-refractivity contribution in [2.24, 2.45) is 0 Å². The number of alkyl halides is 3. The minimum absolute atomic E-state index is 0.0703. The lowest BCUT2D eigenvalue weighted by Gasteiger charge is -2.28. The van der Waals surface area contributed by atoms with E-state index in [1.54, 1.807) is 34.6 Å². The Kier molecular flexibility index (Phi) is 4.28. The third-order valence-electron chi connectivity index (χ3n) is 3.25. The predicted octanol–water partition coefficient (Wildman–Crippen LogP) is 4.11. The summed E-state index contributed by atoms with van der Waals surface area (Å²) >= 11 is 0. The second-order valence-corrected chi connectivity index (χ2v) is 7.01. The van der Waals surface area contributed by atoms with Crippen molar-refractivity contribution < 1.29 is 22.7 Å². The fourth-order valence-corrected chi connectivity index (χ4v) is 2.34. The summed E-state index contributed by atoms with van der Waals surface area (Å²) in [5.41, 5.74) is -2.56. The number of hydrogen-bond donors (Lipinski definition) is 1. The van der Waals surface area contributed by atoms with E-state index in [1.807, 2.05) is 0 Å². The Bertz CT molecular complexity index is 758. The molecular formula is C16H20F3N3O2. The number of imidazole rings is 1. The molecular weight excluding hydrogens is 323 g/mol. The highest BCUT2D eigenvalue weighted by molar-refractivity contribution is 5.69. The number of hydrogen-bond acceptors (Lipinski definition) is 3. The summed E-state index contributed by atoms with van der Waals surface area (Å²) in [5, 5.41) is 2.64. The van der Waals surface area contributed by atoms with Crippen molar-refractivity contribution in [3.63, 3.8) is 0 Å². The Morgan fingerprint density at radius 2 is 1.83 bits per heavy atom. The van der Waals surface area contributed by atoms with Gasteiger partial charge in [0, 0.05) is 6.20 Å². The molecule has 1 amide bonds. The van der Waals surface area contributed by atoms with Crippen LogP contribution in [-0.2, 0) is 16.5 Å². The summed E-state index contributed by atoms with van der Waals surface area (Å²) in [5.74, 6) is 0.273. The zero-order valence-electron chi connectivity index (χ0n) is 14.2. The number of nitrogens with one attached hydrogen (secondary N) is 1. The van der Waals surface area contributed by atoms with E-state index in [2.05, 4.69) is 10.3 Å². The van der Waals surface area contributed by atoms with Crippen LogP contribution in [0.15, 0.2) is 24.5 Å². The molecule has 0 unspecified atom stereocenters. The Hall–Kier alpha value is -2.25. The fraction of sp³-hybridized carbons (Fsp3) is 0.500. The monoisotopic (exact) mass is 343 g/mol. The molecule has 0 fully saturated rings. The standard InChI is InChI=1S/C16H20F3N3O2/c1-14(2,3)24-13(23)21-15(4,5)12-20-9-11-10(16(17,18)19)7-6-8-22(11)12/h6-9H,1-5H3,(H,21,23). The fourth-order valence-electron chi connectivity index (χ4n) is 2.34. The SMILES string of the molecule is CC(C)(C)OC(=O)NC(C)(C)c1ncc2c(C(F)(F)F)cccn12. The minimum atomic E-state index is -4.48. The van der Waals surface area contributed by atoms with E-state index in [0.29, 0.717) is 0 Å². The Balaban J connectivity index is 2.40. The molecule has 0 aliphatic heterocycles. The van der Waals surface area contributed by atoms with Crippen LogP contribution in [0.25, 0.3) is 5.52 Å². The van der Waals surface area contributed by atoms with Crippen molar-refractivity contribution in [1.29, 1.82) is 0 Å². The van der Waals surface area contributed by atoms with Gasteiger partial charge in [-0.05, 0) is 46.8 Å². The number of rotatable bonds is 2. The van der Waals surface area contributed by atoms with Crippen LogP contribution in [0.3, 0.4) is 0 Å². The van der Waals surface area contributed by atoms with Gasteiger partial charge >= 0.3 is 12.3 Å². The normalized spacial score (nSPS) is 13.2. The zero-order chi connectivity index (χ0) is 18.3. The Labute approximate surface area is 137 Å². The van der Waals surface area contributed by atoms with Gasteiger partial charge in [-0.2, -0.15) is 13.2 Å². The first-order valence-electron chi connectivity index (χ1n) is 7.36. The second-order valence-electron chi connectivity index (χ2n) is 7.01. The van der Waals surface area contributed by atoms with E-state index in [1.165, 1.54) is 16.7 Å². The lowest BCUT2D eigenvalue weighted by atomic mass is 10.1. The van der Waals surface area contributed by atoms with Gasteiger partial charge in [-0.25, -0.2) is 9.78 Å². The van der Waals surface area contributed by atoms with Crippen LogP contribution in [0.2, 0.25) is 0 Å². The second kappa shape index (κ2) is 5.68. The Morgan fingerprint density at radius 1 is 1.21 bits per heavy atom. The molecule has 132 valence electrons. The quantitative estimate of drug-likeness (QED) is 0.893. The number of halogens is 3. The number of pyridine rings is 1. The maximum atomic E-state index is 13.1. The van der Waals surface area contributed by atoms with Gasteiger partial charge in [-0.3, -0.25) is 0 Å². The predicted molar refractivity (Wildman–Crippen MR) is 82.6 cm³/mol. The number of carbonyl (C=O) groups excluding carboxylic acids is 1. The molecule has 2 aromatic heterocycles. The van der Waals surface area contributed by atoms with Crippen molar-refractivity contribution in [2.75, 3.05) is 0 Å². The van der Waals surface area contributed by atoms with Gasteiger partial charge in [-0.1, -0.05) is 0 Å². The number of ether oxygens (including phenoxy) is 1. The molecule has 0 aromatic carbocycles. The third-order valence-corrected chi connectivity index (χ3v) is 3.25. The smallest absolute Gasteiger partial charge is 0.418 e. The lowest BCUT2D eigenvalue weighted by molar-refractivity contribution is -0.136. The maximum absolute atomic E-state index is 13.1. The summed E-state index contributed by atoms with van der Waals surface area (Å²) < 4.78 is 45.8. The van der Waals surface area contributed by atoms with Gasteiger partial charge in [0.15, 0.2) is 0 Å². The molecule has 8 heteroatoms. The van der Waals surface area contributed by atoms with Crippen LogP contribution in [0.1, 0.15) is 46.0 Å². The van der Waals surface area contributed by atoms with Crippen LogP contribution in [-0.4, -0.2) is 21.1 Å². The highest BCUT2D eigenvalue weighted by atomic mass is 19.4. The van der Waals surface area contributed by atoms with Crippen molar-refractivity contribution >= 4 is 11.6 Å². The minimum Gasteiger partial charge on any atom is -0.444 e. The molecule has 2 heterocycles. The van der Waals surface area contributed by atoms with Gasteiger partial charge in [0.25, 0.3) is 0 Å². The first-order chi connectivity index (χ1) is 10.8. The van der Waals surface area contributed by atoms with Gasteiger partial charge in [0.05, 0.1) is 22.8 Å². The van der Waals surface area contributed by atoms with E-state index in [4.69, 9.17) is 4.74 Å². The van der Waals surface area contributed by atoms with Crippen LogP contribution >= 0.6 is 0 Å². The lowest BCUT2D eigenvalue weighted by Crippen LogP contribution is -2.44. The number of carbonyl (C=O) groups is 1. The molecule has 0 aliphatic rings. The highest BCUT2D eigenvalue weighted by Gasteiger charge is 2.35. The molecule has 0 radical (unpaired) electrons. The first kappa shape index (κ1) is 18.1. The van der Waals surface area contributed by atoms with E-state index in [9.17, 15) is 18.0 Å². The number of alkyl carbamates (subject to hydrolysis) is 1. The molecule has 0 saturated heterocycles. The Morgan fingerprint density at radius 3 is 2.38 bits per heavy atom. The molecule has 0 atom stereocenters. The van der Waals surface area contributed by atoms with Crippen molar-refractivity contribution in [3.05, 3.63) is 35.9 Å². The van der Waals surface area contributed by atoms with Crippen LogP contribution in [0.4, 0.5) is 18.0 Å². The van der Waals surface area contributed by atoms with E-state index in [0.717, 1.165) is 12.3 Å². The summed E-state index contributed by atoms with van der Waals surface area (Å²) in [6, 6.07) is 2.29. The van der Waals surface area contributed by atoms with Gasteiger partial charge in [-0.15, -0.1) is 0 Å². The molecule has 2 aromatic rings. The van der Waals surface area contributed by atoms with Gasteiger partial charge < -0.3 is 14.5 Å². The van der Waals surface area contributed by atoms with Crippen LogP contribution in [0, 0.1) is 0 Å². The summed E-state index contributed by atoms with van der Waals surface area (Å²) in [7, 11) is 0. The topological polar surface area (TPSA) is 55.6 Å². The molecule has 5 nitrogen and oxygen atoms in total. The maximum Gasteiger partial charge on any atom is 0.418 e. The van der Waals surface area contributed by atoms with Gasteiger partial charge in [0.2, 0.25) is 0 Å². The van der Waals surface area contributed by atoms with Crippen LogP contribution in [0.5, 0.6) is 0 Å². The zero-order valence-corrected chi connectivity index (χ0v) is 14.2. The number of fused-ring (bicyclic) bond motifs is 1. The molecule has 0 aliphatic carbocycles. The number of nitrogens with zero attached hydrogens (tertiary/aromatic N) is 2. The molecule has 2 rings (SSSR count). The summed E-state index contributed by atoms with van der Waals surface area (Å²) in [6.07, 6.45) is -2.53. The van der Waals surface area contributed by atoms with Crippen LogP contribution < -0.4 is 5.32 Å². The average molecular weight is 343 g/mol. The third kappa shape index (κ3) is 3.80. The summed E-state index contributed by atoms with van der Waals surface area (Å²) in [4.78, 5) is 16.1. The molecule has 24 heavy (non-hydrogen) atoms. The summed E-state index contributed by atoms with van der Waals surface area (Å²) in [6.45, 7) is 8.46. The highest BCUT2D eigenvalue weighted by Crippen LogP contribution is 2.33. The molecule has 0 saturated carbocycles. The number of aromatic nitrogens is 2. The molecule has 0 spiro atoms. The van der Waals surface area contributed by atoms with Crippen molar-refractivity contribution in [1.82, 2.24) is 14.7 Å². The number of amides is 1. The van der Waals surface area contributed by atoms with E-state index < -0.39 is 29.0 Å². The molecule has 1 N–H and O–H groups in total.